The molecule has 156 valence electrons. The maximum Gasteiger partial charge on any atom is 0.328 e. The fourth-order valence-electron chi connectivity index (χ4n) is 2.59. The van der Waals surface area contributed by atoms with Crippen LogP contribution in [0.1, 0.15) is 52.7 Å². The van der Waals surface area contributed by atoms with Gasteiger partial charge in [-0.15, -0.1) is 0 Å². The van der Waals surface area contributed by atoms with Crippen molar-refractivity contribution in [2.24, 2.45) is 0 Å². The Morgan fingerprint density at radius 2 is 1.90 bits per heavy atom. The van der Waals surface area contributed by atoms with E-state index < -0.39 is 23.8 Å². The van der Waals surface area contributed by atoms with Crippen LogP contribution in [0.15, 0.2) is 36.7 Å². The Morgan fingerprint density at radius 1 is 1.14 bits per heavy atom. The first kappa shape index (κ1) is 22.1. The first-order chi connectivity index (χ1) is 14.0. The highest BCUT2D eigenvalue weighted by molar-refractivity contribution is 6.05. The van der Waals surface area contributed by atoms with Crippen molar-refractivity contribution in [2.45, 2.75) is 38.8 Å². The highest BCUT2D eigenvalue weighted by Gasteiger charge is 2.24. The zero-order chi connectivity index (χ0) is 21.1. The third kappa shape index (κ3) is 7.04. The van der Waals surface area contributed by atoms with Crippen LogP contribution in [0, 0.1) is 0 Å². The minimum absolute atomic E-state index is 0.0597. The third-order valence-corrected chi connectivity index (χ3v) is 4.22. The number of rotatable bonds is 11. The lowest BCUT2D eigenvalue weighted by Crippen LogP contribution is -2.50. The minimum Gasteiger partial charge on any atom is -0.459 e. The topological polar surface area (TPSA) is 141 Å². The Morgan fingerprint density at radius 3 is 2.62 bits per heavy atom. The Bertz CT molecular complexity index is 806. The van der Waals surface area contributed by atoms with Crippen LogP contribution >= 0.6 is 0 Å². The van der Waals surface area contributed by atoms with E-state index in [2.05, 4.69) is 26.3 Å². The number of amides is 2. The van der Waals surface area contributed by atoms with E-state index in [1.807, 2.05) is 30.3 Å². The lowest BCUT2D eigenvalue weighted by atomic mass is 10.2. The number of ether oxygens (including phenoxy) is 1. The zero-order valence-corrected chi connectivity index (χ0v) is 16.6. The molecule has 1 atom stereocenters. The summed E-state index contributed by atoms with van der Waals surface area (Å²) in [7, 11) is 0. The molecule has 0 unspecified atom stereocenters. The van der Waals surface area contributed by atoms with Crippen molar-refractivity contribution in [3.8, 4) is 0 Å². The third-order valence-electron chi connectivity index (χ3n) is 4.22. The van der Waals surface area contributed by atoms with Gasteiger partial charge in [-0.25, -0.2) is 9.78 Å². The molecule has 2 aromatic rings. The average Bonchev–Trinajstić information content (AvgIpc) is 3.22. The van der Waals surface area contributed by atoms with Crippen LogP contribution in [0.25, 0.3) is 0 Å². The van der Waals surface area contributed by atoms with E-state index in [0.717, 1.165) is 31.4 Å². The summed E-state index contributed by atoms with van der Waals surface area (Å²) in [4.78, 5) is 43.4. The number of carbonyl (C=O) groups is 3. The molecule has 9 heteroatoms. The van der Waals surface area contributed by atoms with Crippen LogP contribution in [0.2, 0.25) is 0 Å². The number of aromatic amines is 1. The van der Waals surface area contributed by atoms with E-state index in [1.54, 1.807) is 0 Å². The van der Waals surface area contributed by atoms with Crippen LogP contribution in [-0.2, 0) is 16.1 Å². The van der Waals surface area contributed by atoms with Crippen LogP contribution < -0.4 is 16.4 Å². The standard InChI is InChI=1S/C20H27N5O4/c1-14(20(28)29-12-15-8-4-2-5-9-15)25-19(27)17-16(23-13-24-17)18(26)22-11-7-3-6-10-21/h2,4-5,8-9,13-14H,3,6-7,10-12,21H2,1H3,(H,22,26)(H,23,24)(H,25,27)/p+1/t14-/m0/s1. The first-order valence-corrected chi connectivity index (χ1v) is 9.65. The fourth-order valence-corrected chi connectivity index (χ4v) is 2.59. The Labute approximate surface area is 169 Å². The minimum atomic E-state index is -0.888. The number of carbonyl (C=O) groups excluding carboxylic acids is 3. The van der Waals surface area contributed by atoms with Gasteiger partial charge < -0.3 is 26.1 Å². The summed E-state index contributed by atoms with van der Waals surface area (Å²) in [6.07, 6.45) is 4.08. The molecule has 9 nitrogen and oxygen atoms in total. The predicted molar refractivity (Wildman–Crippen MR) is 106 cm³/mol. The van der Waals surface area contributed by atoms with Gasteiger partial charge in [0.2, 0.25) is 0 Å². The van der Waals surface area contributed by atoms with E-state index >= 15 is 0 Å². The fraction of sp³-hybridized carbons (Fsp3) is 0.400. The lowest BCUT2D eigenvalue weighted by Gasteiger charge is -2.13. The molecule has 0 fully saturated rings. The number of nitrogens with one attached hydrogen (secondary N) is 3. The highest BCUT2D eigenvalue weighted by atomic mass is 16.5. The zero-order valence-electron chi connectivity index (χ0n) is 16.6. The summed E-state index contributed by atoms with van der Waals surface area (Å²) in [6, 6.07) is 8.35. The Kier molecular flexibility index (Phi) is 8.84. The van der Waals surface area contributed by atoms with Gasteiger partial charge in [-0.1, -0.05) is 30.3 Å². The number of nitrogens with zero attached hydrogens (tertiary/aromatic N) is 1. The quantitative estimate of drug-likeness (QED) is 0.318. The summed E-state index contributed by atoms with van der Waals surface area (Å²) in [5, 5.41) is 5.27. The number of benzene rings is 1. The maximum atomic E-state index is 12.4. The molecule has 1 aromatic heterocycles. The van der Waals surface area contributed by atoms with Crippen LogP contribution in [-0.4, -0.2) is 46.9 Å². The SMILES string of the molecule is C[C@H](NC(=O)c1nc[nH]c1C(=O)NCCCCC[NH3+])C(=O)OCc1ccccc1. The molecule has 2 rings (SSSR count). The molecular weight excluding hydrogens is 374 g/mol. The molecule has 1 aromatic carbocycles. The van der Waals surface area contributed by atoms with Gasteiger partial charge in [0.25, 0.3) is 11.8 Å². The molecule has 1 heterocycles. The normalized spacial score (nSPS) is 11.5. The van der Waals surface area contributed by atoms with Crippen LogP contribution in [0.5, 0.6) is 0 Å². The second kappa shape index (κ2) is 11.6. The smallest absolute Gasteiger partial charge is 0.328 e. The van der Waals surface area contributed by atoms with E-state index in [1.165, 1.54) is 13.3 Å². The highest BCUT2D eigenvalue weighted by Crippen LogP contribution is 2.05. The monoisotopic (exact) mass is 402 g/mol. The molecule has 6 N–H and O–H groups in total. The second-order valence-electron chi connectivity index (χ2n) is 6.58. The number of unbranched alkanes of at least 4 members (excludes halogenated alkanes) is 2. The number of quaternary nitrogens is 1. The summed E-state index contributed by atoms with van der Waals surface area (Å²) in [6.45, 7) is 3.00. The molecule has 0 bridgehead atoms. The van der Waals surface area contributed by atoms with Crippen molar-refractivity contribution < 1.29 is 24.9 Å². The van der Waals surface area contributed by atoms with E-state index in [-0.39, 0.29) is 18.0 Å². The first-order valence-electron chi connectivity index (χ1n) is 9.65. The predicted octanol–water partition coefficient (Wildman–Crippen LogP) is 0.413. The molecule has 0 saturated carbocycles. The molecule has 2 amide bonds. The van der Waals surface area contributed by atoms with Crippen molar-refractivity contribution in [1.29, 1.82) is 0 Å². The molecule has 29 heavy (non-hydrogen) atoms. The number of aromatic nitrogens is 2. The number of imidazole rings is 1. The van der Waals surface area contributed by atoms with Gasteiger partial charge in [0, 0.05) is 6.54 Å². The van der Waals surface area contributed by atoms with Gasteiger partial charge in [-0.2, -0.15) is 0 Å². The lowest BCUT2D eigenvalue weighted by molar-refractivity contribution is -0.368. The number of H-pyrrole nitrogens is 1. The van der Waals surface area contributed by atoms with Crippen molar-refractivity contribution in [2.75, 3.05) is 13.1 Å². The molecule has 0 aliphatic heterocycles. The van der Waals surface area contributed by atoms with Gasteiger partial charge in [0.15, 0.2) is 5.69 Å². The van der Waals surface area contributed by atoms with Crippen molar-refractivity contribution >= 4 is 17.8 Å². The molecule has 0 aliphatic rings. The van der Waals surface area contributed by atoms with Crippen molar-refractivity contribution in [3.63, 3.8) is 0 Å². The molecule has 0 radical (unpaired) electrons. The Hall–Kier alpha value is -3.20. The summed E-state index contributed by atoms with van der Waals surface area (Å²) >= 11 is 0. The summed E-state index contributed by atoms with van der Waals surface area (Å²) in [5.74, 6) is -1.62. The van der Waals surface area contributed by atoms with E-state index in [4.69, 9.17) is 4.74 Å². The van der Waals surface area contributed by atoms with Gasteiger partial charge in [0.05, 0.1) is 12.9 Å². The number of esters is 1. The van der Waals surface area contributed by atoms with E-state index in [0.29, 0.717) is 6.54 Å². The molecule has 0 spiro atoms. The second-order valence-corrected chi connectivity index (χ2v) is 6.58. The van der Waals surface area contributed by atoms with Gasteiger partial charge in [-0.3, -0.25) is 9.59 Å². The van der Waals surface area contributed by atoms with Crippen LogP contribution in [0.3, 0.4) is 0 Å². The van der Waals surface area contributed by atoms with Gasteiger partial charge in [0.1, 0.15) is 18.3 Å². The maximum absolute atomic E-state index is 12.4. The molecular formula is C20H28N5O4+. The van der Waals surface area contributed by atoms with Gasteiger partial charge in [-0.05, 0) is 31.7 Å². The molecule has 0 saturated heterocycles. The van der Waals surface area contributed by atoms with E-state index in [9.17, 15) is 14.4 Å². The van der Waals surface area contributed by atoms with Crippen molar-refractivity contribution in [1.82, 2.24) is 20.6 Å². The van der Waals surface area contributed by atoms with Crippen LogP contribution in [0.4, 0.5) is 0 Å². The number of hydrogen-bond donors (Lipinski definition) is 4. The average molecular weight is 402 g/mol. The number of hydrogen-bond acceptors (Lipinski definition) is 5. The summed E-state index contributed by atoms with van der Waals surface area (Å²) in [5.41, 5.74) is 4.62. The largest absolute Gasteiger partial charge is 0.459 e. The Balaban J connectivity index is 1.84. The van der Waals surface area contributed by atoms with Gasteiger partial charge >= 0.3 is 5.97 Å². The molecule has 0 aliphatic carbocycles. The summed E-state index contributed by atoms with van der Waals surface area (Å²) < 4.78 is 5.21. The van der Waals surface area contributed by atoms with Crippen molar-refractivity contribution in [3.05, 3.63) is 53.6 Å².